The lowest BCUT2D eigenvalue weighted by Crippen LogP contribution is -2.38. The van der Waals surface area contributed by atoms with Gasteiger partial charge in [-0.1, -0.05) is 15.9 Å². The average Bonchev–Trinajstić information content (AvgIpc) is 2.68. The number of amides is 1. The first kappa shape index (κ1) is 12.5. The number of rotatable bonds is 1. The fourth-order valence-electron chi connectivity index (χ4n) is 2.67. The number of imidazole rings is 1. The van der Waals surface area contributed by atoms with Gasteiger partial charge in [-0.2, -0.15) is 0 Å². The maximum Gasteiger partial charge on any atom is 0.222 e. The molecule has 5 nitrogen and oxygen atoms in total. The summed E-state index contributed by atoms with van der Waals surface area (Å²) in [6, 6.07) is 6.12. The minimum absolute atomic E-state index is 0.195. The Kier molecular flexibility index (Phi) is 2.97. The molecular weight excluding hydrogens is 308 g/mol. The zero-order valence-corrected chi connectivity index (χ0v) is 12.2. The second-order valence-corrected chi connectivity index (χ2v) is 5.86. The molecule has 1 saturated heterocycles. The average molecular weight is 323 g/mol. The van der Waals surface area contributed by atoms with Gasteiger partial charge >= 0.3 is 0 Å². The maximum atomic E-state index is 11.6. The molecular formula is C13H15BrN4O. The highest BCUT2D eigenvalue weighted by Crippen LogP contribution is 2.30. The van der Waals surface area contributed by atoms with Gasteiger partial charge in [0.05, 0.1) is 17.1 Å². The van der Waals surface area contributed by atoms with Crippen molar-refractivity contribution in [1.82, 2.24) is 14.5 Å². The molecule has 1 amide bonds. The van der Waals surface area contributed by atoms with Crippen LogP contribution in [0.2, 0.25) is 0 Å². The standard InChI is InChI=1S/C13H15BrN4O/c1-17-7-9(3-5-12(17)19)18-11-6-8(14)2-4-10(11)16-13(18)15/h2,4,6,9H,3,5,7H2,1H3,(H2,15,16). The van der Waals surface area contributed by atoms with Gasteiger partial charge in [0, 0.05) is 24.5 Å². The minimum Gasteiger partial charge on any atom is -0.369 e. The summed E-state index contributed by atoms with van der Waals surface area (Å²) in [5.74, 6) is 0.710. The van der Waals surface area contributed by atoms with Crippen LogP contribution in [0, 0.1) is 0 Å². The molecule has 1 unspecified atom stereocenters. The van der Waals surface area contributed by atoms with E-state index in [-0.39, 0.29) is 11.9 Å². The van der Waals surface area contributed by atoms with Crippen LogP contribution >= 0.6 is 15.9 Å². The Labute approximate surface area is 119 Å². The van der Waals surface area contributed by atoms with Crippen molar-refractivity contribution in [2.75, 3.05) is 19.3 Å². The molecule has 1 aliphatic rings. The Morgan fingerprint density at radius 2 is 2.26 bits per heavy atom. The van der Waals surface area contributed by atoms with Gasteiger partial charge in [-0.15, -0.1) is 0 Å². The van der Waals surface area contributed by atoms with E-state index in [9.17, 15) is 4.79 Å². The molecule has 100 valence electrons. The number of aromatic nitrogens is 2. The third kappa shape index (κ3) is 2.10. The number of carbonyl (C=O) groups excluding carboxylic acids is 1. The van der Waals surface area contributed by atoms with E-state index < -0.39 is 0 Å². The first-order chi connectivity index (χ1) is 9.06. The monoisotopic (exact) mass is 322 g/mol. The van der Waals surface area contributed by atoms with Gasteiger partial charge in [-0.25, -0.2) is 4.98 Å². The number of fused-ring (bicyclic) bond motifs is 1. The van der Waals surface area contributed by atoms with Crippen LogP contribution in [0.15, 0.2) is 22.7 Å². The predicted molar refractivity (Wildman–Crippen MR) is 77.8 cm³/mol. The van der Waals surface area contributed by atoms with E-state index in [1.54, 1.807) is 4.90 Å². The summed E-state index contributed by atoms with van der Waals surface area (Å²) >= 11 is 3.47. The quantitative estimate of drug-likeness (QED) is 0.875. The van der Waals surface area contributed by atoms with Crippen LogP contribution in [0.3, 0.4) is 0 Å². The molecule has 19 heavy (non-hydrogen) atoms. The number of benzene rings is 1. The number of nitrogens with zero attached hydrogens (tertiary/aromatic N) is 3. The topological polar surface area (TPSA) is 64.2 Å². The molecule has 0 radical (unpaired) electrons. The number of nitrogen functional groups attached to an aromatic ring is 1. The van der Waals surface area contributed by atoms with Crippen LogP contribution in [0.5, 0.6) is 0 Å². The Bertz CT molecular complexity index is 651. The normalized spacial score (nSPS) is 20.2. The fraction of sp³-hybridized carbons (Fsp3) is 0.385. The lowest BCUT2D eigenvalue weighted by Gasteiger charge is -2.31. The number of halogens is 1. The molecule has 0 aliphatic carbocycles. The Hall–Kier alpha value is -1.56. The summed E-state index contributed by atoms with van der Waals surface area (Å²) in [5.41, 5.74) is 7.95. The second-order valence-electron chi connectivity index (χ2n) is 4.94. The first-order valence-electron chi connectivity index (χ1n) is 6.23. The molecule has 0 saturated carbocycles. The molecule has 0 spiro atoms. The predicted octanol–water partition coefficient (Wildman–Crippen LogP) is 2.17. The lowest BCUT2D eigenvalue weighted by atomic mass is 10.1. The number of hydrogen-bond donors (Lipinski definition) is 1. The van der Waals surface area contributed by atoms with Crippen molar-refractivity contribution in [3.8, 4) is 0 Å². The van der Waals surface area contributed by atoms with E-state index in [0.29, 0.717) is 18.9 Å². The molecule has 3 rings (SSSR count). The van der Waals surface area contributed by atoms with E-state index in [2.05, 4.69) is 20.9 Å². The van der Waals surface area contributed by atoms with Crippen LogP contribution in [-0.2, 0) is 4.79 Å². The van der Waals surface area contributed by atoms with Gasteiger partial charge in [0.15, 0.2) is 0 Å². The highest BCUT2D eigenvalue weighted by molar-refractivity contribution is 9.10. The van der Waals surface area contributed by atoms with Crippen LogP contribution in [0.25, 0.3) is 11.0 Å². The zero-order valence-electron chi connectivity index (χ0n) is 10.6. The largest absolute Gasteiger partial charge is 0.369 e. The summed E-state index contributed by atoms with van der Waals surface area (Å²) < 4.78 is 3.05. The van der Waals surface area contributed by atoms with E-state index in [4.69, 9.17) is 5.73 Å². The Morgan fingerprint density at radius 1 is 1.47 bits per heavy atom. The van der Waals surface area contributed by atoms with Gasteiger partial charge in [-0.3, -0.25) is 4.79 Å². The summed E-state index contributed by atoms with van der Waals surface area (Å²) in [5, 5.41) is 0. The summed E-state index contributed by atoms with van der Waals surface area (Å²) in [4.78, 5) is 17.7. The van der Waals surface area contributed by atoms with Crippen molar-refractivity contribution < 1.29 is 4.79 Å². The van der Waals surface area contributed by atoms with E-state index in [1.807, 2.05) is 29.8 Å². The van der Waals surface area contributed by atoms with Crippen molar-refractivity contribution in [1.29, 1.82) is 0 Å². The minimum atomic E-state index is 0.195. The molecule has 2 N–H and O–H groups in total. The molecule has 1 atom stereocenters. The van der Waals surface area contributed by atoms with Crippen molar-refractivity contribution in [2.24, 2.45) is 0 Å². The number of likely N-dealkylation sites (N-methyl/N-ethyl adjacent to an activating group) is 1. The highest BCUT2D eigenvalue weighted by Gasteiger charge is 2.26. The first-order valence-corrected chi connectivity index (χ1v) is 7.02. The number of hydrogen-bond acceptors (Lipinski definition) is 3. The van der Waals surface area contributed by atoms with Gasteiger partial charge in [0.1, 0.15) is 0 Å². The summed E-state index contributed by atoms with van der Waals surface area (Å²) in [7, 11) is 1.83. The van der Waals surface area contributed by atoms with Crippen molar-refractivity contribution in [3.63, 3.8) is 0 Å². The Morgan fingerprint density at radius 3 is 3.00 bits per heavy atom. The number of piperidine rings is 1. The van der Waals surface area contributed by atoms with Crippen molar-refractivity contribution in [2.45, 2.75) is 18.9 Å². The van der Waals surface area contributed by atoms with Crippen molar-refractivity contribution in [3.05, 3.63) is 22.7 Å². The maximum absolute atomic E-state index is 11.6. The third-order valence-electron chi connectivity index (χ3n) is 3.65. The van der Waals surface area contributed by atoms with E-state index >= 15 is 0 Å². The summed E-state index contributed by atoms with van der Waals surface area (Å²) in [6.07, 6.45) is 1.37. The van der Waals surface area contributed by atoms with Gasteiger partial charge in [0.25, 0.3) is 0 Å². The van der Waals surface area contributed by atoms with Gasteiger partial charge < -0.3 is 15.2 Å². The SMILES string of the molecule is CN1CC(n2c(N)nc3ccc(Br)cc32)CCC1=O. The molecule has 2 aromatic rings. The van der Waals surface area contributed by atoms with Crippen LogP contribution < -0.4 is 5.73 Å². The molecule has 6 heteroatoms. The molecule has 1 fully saturated rings. The molecule has 1 aromatic heterocycles. The van der Waals surface area contributed by atoms with Gasteiger partial charge in [0.2, 0.25) is 11.9 Å². The second kappa shape index (κ2) is 4.52. The van der Waals surface area contributed by atoms with Crippen LogP contribution in [0.1, 0.15) is 18.9 Å². The molecule has 1 aliphatic heterocycles. The zero-order chi connectivity index (χ0) is 13.6. The Balaban J connectivity index is 2.07. The molecule has 0 bridgehead atoms. The van der Waals surface area contributed by atoms with Crippen LogP contribution in [-0.4, -0.2) is 34.0 Å². The number of carbonyl (C=O) groups is 1. The number of likely N-dealkylation sites (tertiary alicyclic amines) is 1. The van der Waals surface area contributed by atoms with Crippen molar-refractivity contribution >= 4 is 38.8 Å². The van der Waals surface area contributed by atoms with Gasteiger partial charge in [-0.05, 0) is 24.6 Å². The third-order valence-corrected chi connectivity index (χ3v) is 4.14. The van der Waals surface area contributed by atoms with Crippen LogP contribution in [0.4, 0.5) is 5.95 Å². The van der Waals surface area contributed by atoms with E-state index in [1.165, 1.54) is 0 Å². The molecule has 1 aromatic carbocycles. The number of anilines is 1. The smallest absolute Gasteiger partial charge is 0.222 e. The summed E-state index contributed by atoms with van der Waals surface area (Å²) in [6.45, 7) is 0.682. The lowest BCUT2D eigenvalue weighted by molar-refractivity contribution is -0.132. The fourth-order valence-corrected chi connectivity index (χ4v) is 3.02. The molecule has 2 heterocycles. The number of nitrogens with two attached hydrogens (primary N) is 1. The van der Waals surface area contributed by atoms with E-state index in [0.717, 1.165) is 21.9 Å². The highest BCUT2D eigenvalue weighted by atomic mass is 79.9.